The monoisotopic (exact) mass is 389 g/mol. The molecule has 1 aromatic heterocycles. The van der Waals surface area contributed by atoms with Crippen LogP contribution in [0, 0.1) is 0 Å². The molecule has 0 spiro atoms. The van der Waals surface area contributed by atoms with Crippen LogP contribution in [-0.2, 0) is 0 Å². The number of likely N-dealkylation sites (tertiary alicyclic amines) is 1. The molecule has 134 valence electrons. The average Bonchev–Trinajstić information content (AvgIpc) is 3.09. The van der Waals surface area contributed by atoms with Crippen LogP contribution in [0.5, 0.6) is 0 Å². The molecule has 5 nitrogen and oxygen atoms in total. The summed E-state index contributed by atoms with van der Waals surface area (Å²) in [5, 5.41) is 3.82. The van der Waals surface area contributed by atoms with Crippen molar-refractivity contribution in [3.63, 3.8) is 0 Å². The molecule has 7 heteroatoms. The SMILES string of the molecule is O=C(Nc1cc(Cl)ccc1Cl)N1CCC(c2nc3ccccc3o2)CC1. The third-order valence-corrected chi connectivity index (χ3v) is 5.18. The van der Waals surface area contributed by atoms with Crippen molar-refractivity contribution in [3.8, 4) is 0 Å². The third-order valence-electron chi connectivity index (χ3n) is 4.61. The summed E-state index contributed by atoms with van der Waals surface area (Å²) in [4.78, 5) is 18.8. The lowest BCUT2D eigenvalue weighted by molar-refractivity contribution is 0.190. The van der Waals surface area contributed by atoms with Gasteiger partial charge in [0.25, 0.3) is 0 Å². The second kappa shape index (κ2) is 7.17. The van der Waals surface area contributed by atoms with Gasteiger partial charge in [-0.2, -0.15) is 0 Å². The Hall–Kier alpha value is -2.24. The van der Waals surface area contributed by atoms with E-state index in [4.69, 9.17) is 27.6 Å². The van der Waals surface area contributed by atoms with Crippen molar-refractivity contribution in [2.45, 2.75) is 18.8 Å². The number of hydrogen-bond acceptors (Lipinski definition) is 3. The number of aromatic nitrogens is 1. The number of anilines is 1. The first-order valence-corrected chi connectivity index (χ1v) is 9.22. The first kappa shape index (κ1) is 17.2. The van der Waals surface area contributed by atoms with Gasteiger partial charge in [-0.05, 0) is 43.2 Å². The smallest absolute Gasteiger partial charge is 0.321 e. The van der Waals surface area contributed by atoms with E-state index in [2.05, 4.69) is 10.3 Å². The summed E-state index contributed by atoms with van der Waals surface area (Å²) in [5.41, 5.74) is 2.20. The van der Waals surface area contributed by atoms with E-state index in [-0.39, 0.29) is 11.9 Å². The maximum Gasteiger partial charge on any atom is 0.321 e. The van der Waals surface area contributed by atoms with Crippen LogP contribution >= 0.6 is 23.2 Å². The molecule has 1 fully saturated rings. The number of para-hydroxylation sites is 2. The highest BCUT2D eigenvalue weighted by atomic mass is 35.5. The van der Waals surface area contributed by atoms with E-state index in [0.29, 0.717) is 28.8 Å². The number of urea groups is 1. The molecule has 0 unspecified atom stereocenters. The van der Waals surface area contributed by atoms with Crippen LogP contribution < -0.4 is 5.32 Å². The van der Waals surface area contributed by atoms with Crippen molar-refractivity contribution in [2.24, 2.45) is 0 Å². The first-order chi connectivity index (χ1) is 12.6. The summed E-state index contributed by atoms with van der Waals surface area (Å²) in [7, 11) is 0. The number of nitrogens with zero attached hydrogens (tertiary/aromatic N) is 2. The molecule has 1 saturated heterocycles. The highest BCUT2D eigenvalue weighted by molar-refractivity contribution is 6.35. The van der Waals surface area contributed by atoms with Crippen LogP contribution in [0.1, 0.15) is 24.7 Å². The number of piperidine rings is 1. The summed E-state index contributed by atoms with van der Waals surface area (Å²) < 4.78 is 5.87. The maximum absolute atomic E-state index is 12.5. The fourth-order valence-corrected chi connectivity index (χ4v) is 3.52. The lowest BCUT2D eigenvalue weighted by atomic mass is 9.97. The van der Waals surface area contributed by atoms with E-state index in [1.54, 1.807) is 23.1 Å². The summed E-state index contributed by atoms with van der Waals surface area (Å²) in [5.74, 6) is 0.977. The molecule has 3 aromatic rings. The van der Waals surface area contributed by atoms with Crippen LogP contribution in [0.3, 0.4) is 0 Å². The van der Waals surface area contributed by atoms with Crippen LogP contribution in [-0.4, -0.2) is 29.0 Å². The summed E-state index contributed by atoms with van der Waals surface area (Å²) >= 11 is 12.1. The number of fused-ring (bicyclic) bond motifs is 1. The van der Waals surface area contributed by atoms with Crippen molar-refractivity contribution >= 4 is 46.0 Å². The van der Waals surface area contributed by atoms with Gasteiger partial charge in [0.05, 0.1) is 10.7 Å². The molecule has 2 aromatic carbocycles. The quantitative estimate of drug-likeness (QED) is 0.625. The molecule has 0 bridgehead atoms. The zero-order valence-electron chi connectivity index (χ0n) is 13.9. The average molecular weight is 390 g/mol. The van der Waals surface area contributed by atoms with Gasteiger partial charge in [0, 0.05) is 24.0 Å². The van der Waals surface area contributed by atoms with E-state index < -0.39 is 0 Å². The van der Waals surface area contributed by atoms with Crippen LogP contribution in [0.25, 0.3) is 11.1 Å². The van der Waals surface area contributed by atoms with Gasteiger partial charge < -0.3 is 14.6 Å². The van der Waals surface area contributed by atoms with Crippen LogP contribution in [0.2, 0.25) is 10.0 Å². The number of amides is 2. The lowest BCUT2D eigenvalue weighted by Crippen LogP contribution is -2.40. The molecule has 0 aliphatic carbocycles. The summed E-state index contributed by atoms with van der Waals surface area (Å²) in [6.45, 7) is 1.26. The molecule has 4 rings (SSSR count). The largest absolute Gasteiger partial charge is 0.440 e. The Labute approximate surface area is 160 Å². The molecule has 1 aliphatic rings. The zero-order valence-corrected chi connectivity index (χ0v) is 15.4. The van der Waals surface area contributed by atoms with Gasteiger partial charge >= 0.3 is 6.03 Å². The number of hydrogen-bond donors (Lipinski definition) is 1. The Morgan fingerprint density at radius 3 is 2.69 bits per heavy atom. The number of halogens is 2. The molecule has 2 amide bonds. The molecule has 0 atom stereocenters. The Balaban J connectivity index is 1.39. The van der Waals surface area contributed by atoms with E-state index in [0.717, 1.165) is 29.8 Å². The van der Waals surface area contributed by atoms with Crippen molar-refractivity contribution < 1.29 is 9.21 Å². The summed E-state index contributed by atoms with van der Waals surface area (Å²) in [6, 6.07) is 12.6. The Morgan fingerprint density at radius 1 is 1.15 bits per heavy atom. The molecular formula is C19H17Cl2N3O2. The van der Waals surface area contributed by atoms with Gasteiger partial charge in [-0.1, -0.05) is 35.3 Å². The Bertz CT molecular complexity index is 916. The minimum atomic E-state index is -0.176. The Kier molecular flexibility index (Phi) is 4.74. The van der Waals surface area contributed by atoms with E-state index >= 15 is 0 Å². The number of oxazole rings is 1. The van der Waals surface area contributed by atoms with E-state index in [9.17, 15) is 4.79 Å². The molecule has 2 heterocycles. The number of carbonyl (C=O) groups is 1. The molecule has 1 N–H and O–H groups in total. The summed E-state index contributed by atoms with van der Waals surface area (Å²) in [6.07, 6.45) is 1.62. The molecule has 0 radical (unpaired) electrons. The normalized spacial score (nSPS) is 15.4. The second-order valence-corrected chi connectivity index (χ2v) is 7.18. The van der Waals surface area contributed by atoms with Gasteiger partial charge in [0.2, 0.25) is 0 Å². The van der Waals surface area contributed by atoms with E-state index in [1.807, 2.05) is 24.3 Å². The predicted octanol–water partition coefficient (Wildman–Crippen LogP) is 5.55. The van der Waals surface area contributed by atoms with Gasteiger partial charge in [-0.3, -0.25) is 0 Å². The minimum absolute atomic E-state index is 0.176. The number of benzene rings is 2. The van der Waals surface area contributed by atoms with Crippen molar-refractivity contribution in [1.82, 2.24) is 9.88 Å². The minimum Gasteiger partial charge on any atom is -0.440 e. The standard InChI is InChI=1S/C19H17Cl2N3O2/c20-13-5-6-14(21)16(11-13)23-19(25)24-9-7-12(8-10-24)18-22-15-3-1-2-4-17(15)26-18/h1-6,11-12H,7-10H2,(H,23,25). The molecule has 26 heavy (non-hydrogen) atoms. The lowest BCUT2D eigenvalue weighted by Gasteiger charge is -2.30. The topological polar surface area (TPSA) is 58.4 Å². The van der Waals surface area contributed by atoms with Gasteiger partial charge in [-0.25, -0.2) is 9.78 Å². The molecular weight excluding hydrogens is 373 g/mol. The predicted molar refractivity (Wildman–Crippen MR) is 103 cm³/mol. The highest BCUT2D eigenvalue weighted by Gasteiger charge is 2.27. The maximum atomic E-state index is 12.5. The van der Waals surface area contributed by atoms with Gasteiger partial charge in [-0.15, -0.1) is 0 Å². The number of carbonyl (C=O) groups excluding carboxylic acids is 1. The third kappa shape index (κ3) is 3.50. The van der Waals surface area contributed by atoms with Crippen LogP contribution in [0.15, 0.2) is 46.9 Å². The van der Waals surface area contributed by atoms with Crippen LogP contribution in [0.4, 0.5) is 10.5 Å². The zero-order chi connectivity index (χ0) is 18.1. The first-order valence-electron chi connectivity index (χ1n) is 8.46. The number of nitrogens with one attached hydrogen (secondary N) is 1. The van der Waals surface area contributed by atoms with Crippen molar-refractivity contribution in [3.05, 3.63) is 58.4 Å². The second-order valence-electron chi connectivity index (χ2n) is 6.34. The van der Waals surface area contributed by atoms with Crippen molar-refractivity contribution in [1.29, 1.82) is 0 Å². The number of rotatable bonds is 2. The fraction of sp³-hybridized carbons (Fsp3) is 0.263. The van der Waals surface area contributed by atoms with Gasteiger partial charge in [0.1, 0.15) is 5.52 Å². The van der Waals surface area contributed by atoms with Crippen molar-refractivity contribution in [2.75, 3.05) is 18.4 Å². The van der Waals surface area contributed by atoms with Gasteiger partial charge in [0.15, 0.2) is 11.5 Å². The highest BCUT2D eigenvalue weighted by Crippen LogP contribution is 2.31. The fourth-order valence-electron chi connectivity index (χ4n) is 3.18. The van der Waals surface area contributed by atoms with E-state index in [1.165, 1.54) is 0 Å². The molecule has 0 saturated carbocycles. The Morgan fingerprint density at radius 2 is 1.92 bits per heavy atom. The molecule has 1 aliphatic heterocycles.